The highest BCUT2D eigenvalue weighted by Gasteiger charge is 2.18. The fraction of sp³-hybridized carbons (Fsp3) is 0.533. The fourth-order valence-electron chi connectivity index (χ4n) is 2.31. The molecule has 0 radical (unpaired) electrons. The van der Waals surface area contributed by atoms with Gasteiger partial charge in [0.15, 0.2) is 11.5 Å². The number of nitrogens with zero attached hydrogens (tertiary/aromatic N) is 1. The van der Waals surface area contributed by atoms with Crippen LogP contribution in [0.3, 0.4) is 0 Å². The maximum absolute atomic E-state index is 12.5. The van der Waals surface area contributed by atoms with E-state index >= 15 is 0 Å². The minimum Gasteiger partial charge on any atom is -0.493 e. The number of methoxy groups -OCH3 is 1. The highest BCUT2D eigenvalue weighted by Crippen LogP contribution is 2.28. The molecule has 0 bridgehead atoms. The Morgan fingerprint density at radius 1 is 1.29 bits per heavy atom. The van der Waals surface area contributed by atoms with Crippen LogP contribution in [-0.2, 0) is 0 Å². The van der Waals surface area contributed by atoms with E-state index in [1.165, 1.54) is 0 Å². The summed E-state index contributed by atoms with van der Waals surface area (Å²) < 4.78 is 10.8. The molecule has 1 aromatic rings. The molecule has 1 aromatic carbocycles. The molecule has 5 nitrogen and oxygen atoms in total. The number of ether oxygens (including phenoxy) is 2. The second-order valence-corrected chi connectivity index (χ2v) is 4.69. The van der Waals surface area contributed by atoms with Crippen LogP contribution in [0.25, 0.3) is 0 Å². The Labute approximate surface area is 132 Å². The van der Waals surface area contributed by atoms with Crippen LogP contribution in [0.1, 0.15) is 23.7 Å². The van der Waals surface area contributed by atoms with Gasteiger partial charge in [-0.15, -0.1) is 12.4 Å². The second kappa shape index (κ2) is 8.74. The zero-order valence-electron chi connectivity index (χ0n) is 12.6. The number of amides is 1. The van der Waals surface area contributed by atoms with Crippen molar-refractivity contribution >= 4 is 18.3 Å². The highest BCUT2D eigenvalue weighted by atomic mass is 35.5. The molecule has 1 saturated heterocycles. The van der Waals surface area contributed by atoms with Gasteiger partial charge in [-0.05, 0) is 38.1 Å². The van der Waals surface area contributed by atoms with Crippen LogP contribution in [0.2, 0.25) is 0 Å². The van der Waals surface area contributed by atoms with Crippen molar-refractivity contribution in [2.75, 3.05) is 39.9 Å². The van der Waals surface area contributed by atoms with Crippen molar-refractivity contribution in [2.45, 2.75) is 13.3 Å². The van der Waals surface area contributed by atoms with Gasteiger partial charge in [-0.1, -0.05) is 0 Å². The lowest BCUT2D eigenvalue weighted by Crippen LogP contribution is -2.34. The van der Waals surface area contributed by atoms with Crippen LogP contribution < -0.4 is 14.8 Å². The molecule has 0 saturated carbocycles. The van der Waals surface area contributed by atoms with E-state index in [0.29, 0.717) is 23.7 Å². The summed E-state index contributed by atoms with van der Waals surface area (Å²) in [5, 5.41) is 3.29. The normalized spacial score (nSPS) is 14.9. The van der Waals surface area contributed by atoms with Gasteiger partial charge in [0.2, 0.25) is 0 Å². The van der Waals surface area contributed by atoms with E-state index in [1.54, 1.807) is 25.3 Å². The molecule has 6 heteroatoms. The number of hydrogen-bond acceptors (Lipinski definition) is 4. The summed E-state index contributed by atoms with van der Waals surface area (Å²) in [5.74, 6) is 1.32. The van der Waals surface area contributed by atoms with Crippen LogP contribution in [0.15, 0.2) is 18.2 Å². The Morgan fingerprint density at radius 2 is 2.10 bits per heavy atom. The molecule has 118 valence electrons. The van der Waals surface area contributed by atoms with E-state index in [4.69, 9.17) is 9.47 Å². The first kappa shape index (κ1) is 17.6. The standard InChI is InChI=1S/C15H22N2O3.ClH/c1-3-20-13-6-5-12(11-14(13)19-2)15(18)17-9-4-7-16-8-10-17;/h5-6,11,16H,3-4,7-10H2,1-2H3;1H. The molecule has 0 unspecified atom stereocenters. The molecule has 0 spiro atoms. The van der Waals surface area contributed by atoms with Gasteiger partial charge >= 0.3 is 0 Å². The monoisotopic (exact) mass is 314 g/mol. The topological polar surface area (TPSA) is 50.8 Å². The number of carbonyl (C=O) groups excluding carboxylic acids is 1. The lowest BCUT2D eigenvalue weighted by molar-refractivity contribution is 0.0766. The predicted molar refractivity (Wildman–Crippen MR) is 84.8 cm³/mol. The van der Waals surface area contributed by atoms with Crippen LogP contribution >= 0.6 is 12.4 Å². The van der Waals surface area contributed by atoms with Crippen LogP contribution in [0, 0.1) is 0 Å². The first-order valence-corrected chi connectivity index (χ1v) is 7.07. The molecular weight excluding hydrogens is 292 g/mol. The average molecular weight is 315 g/mol. The van der Waals surface area contributed by atoms with Gasteiger partial charge in [-0.2, -0.15) is 0 Å². The van der Waals surface area contributed by atoms with Crippen molar-refractivity contribution in [3.05, 3.63) is 23.8 Å². The zero-order valence-corrected chi connectivity index (χ0v) is 13.4. The maximum Gasteiger partial charge on any atom is 0.254 e. The summed E-state index contributed by atoms with van der Waals surface area (Å²) >= 11 is 0. The number of carbonyl (C=O) groups is 1. The third kappa shape index (κ3) is 4.51. The summed E-state index contributed by atoms with van der Waals surface area (Å²) in [6, 6.07) is 5.35. The van der Waals surface area contributed by atoms with Gasteiger partial charge in [0, 0.05) is 25.2 Å². The lowest BCUT2D eigenvalue weighted by atomic mass is 10.1. The van der Waals surface area contributed by atoms with Gasteiger partial charge in [-0.3, -0.25) is 4.79 Å². The molecule has 0 atom stereocenters. The molecule has 0 aromatic heterocycles. The Balaban J connectivity index is 0.00000220. The van der Waals surface area contributed by atoms with E-state index in [9.17, 15) is 4.79 Å². The Kier molecular flexibility index (Phi) is 7.32. The molecule has 1 fully saturated rings. The number of hydrogen-bond donors (Lipinski definition) is 1. The third-order valence-electron chi connectivity index (χ3n) is 3.34. The van der Waals surface area contributed by atoms with Crippen LogP contribution in [0.5, 0.6) is 11.5 Å². The molecule has 2 rings (SSSR count). The molecule has 21 heavy (non-hydrogen) atoms. The summed E-state index contributed by atoms with van der Waals surface area (Å²) in [5.41, 5.74) is 0.646. The summed E-state index contributed by atoms with van der Waals surface area (Å²) in [7, 11) is 1.59. The summed E-state index contributed by atoms with van der Waals surface area (Å²) in [6.07, 6.45) is 0.986. The van der Waals surface area contributed by atoms with Gasteiger partial charge < -0.3 is 19.7 Å². The Hall–Kier alpha value is -1.46. The van der Waals surface area contributed by atoms with E-state index in [-0.39, 0.29) is 18.3 Å². The smallest absolute Gasteiger partial charge is 0.254 e. The van der Waals surface area contributed by atoms with Gasteiger partial charge in [0.25, 0.3) is 5.91 Å². The van der Waals surface area contributed by atoms with Crippen molar-refractivity contribution in [1.29, 1.82) is 0 Å². The summed E-state index contributed by atoms with van der Waals surface area (Å²) in [6.45, 7) is 5.84. The predicted octanol–water partition coefficient (Wildman–Crippen LogP) is 1.95. The van der Waals surface area contributed by atoms with Gasteiger partial charge in [-0.25, -0.2) is 0 Å². The minimum atomic E-state index is 0. The van der Waals surface area contributed by atoms with Crippen molar-refractivity contribution in [3.8, 4) is 11.5 Å². The van der Waals surface area contributed by atoms with E-state index in [2.05, 4.69) is 5.32 Å². The molecule has 1 N–H and O–H groups in total. The molecular formula is C15H23ClN2O3. The first-order chi connectivity index (χ1) is 9.76. The molecule has 1 heterocycles. The van der Waals surface area contributed by atoms with Crippen molar-refractivity contribution in [3.63, 3.8) is 0 Å². The number of nitrogens with one attached hydrogen (secondary N) is 1. The van der Waals surface area contributed by atoms with Crippen LogP contribution in [-0.4, -0.2) is 50.7 Å². The average Bonchev–Trinajstić information content (AvgIpc) is 2.76. The maximum atomic E-state index is 12.5. The van der Waals surface area contributed by atoms with Crippen molar-refractivity contribution in [1.82, 2.24) is 10.2 Å². The molecule has 1 aliphatic rings. The number of rotatable bonds is 4. The third-order valence-corrected chi connectivity index (χ3v) is 3.34. The minimum absolute atomic E-state index is 0. The summed E-state index contributed by atoms with van der Waals surface area (Å²) in [4.78, 5) is 14.4. The SMILES string of the molecule is CCOc1ccc(C(=O)N2CCCNCC2)cc1OC.Cl. The second-order valence-electron chi connectivity index (χ2n) is 4.69. The Morgan fingerprint density at radius 3 is 2.81 bits per heavy atom. The molecule has 1 aliphatic heterocycles. The number of halogens is 1. The quantitative estimate of drug-likeness (QED) is 0.923. The van der Waals surface area contributed by atoms with Gasteiger partial charge in [0.1, 0.15) is 0 Å². The lowest BCUT2D eigenvalue weighted by Gasteiger charge is -2.20. The van der Waals surface area contributed by atoms with Crippen LogP contribution in [0.4, 0.5) is 0 Å². The van der Waals surface area contributed by atoms with E-state index in [0.717, 1.165) is 32.6 Å². The van der Waals surface area contributed by atoms with Gasteiger partial charge in [0.05, 0.1) is 13.7 Å². The van der Waals surface area contributed by atoms with E-state index < -0.39 is 0 Å². The fourth-order valence-corrected chi connectivity index (χ4v) is 2.31. The Bertz CT molecular complexity index is 460. The van der Waals surface area contributed by atoms with Crippen molar-refractivity contribution < 1.29 is 14.3 Å². The largest absolute Gasteiger partial charge is 0.493 e. The molecule has 0 aliphatic carbocycles. The number of benzene rings is 1. The van der Waals surface area contributed by atoms with E-state index in [1.807, 2.05) is 11.8 Å². The first-order valence-electron chi connectivity index (χ1n) is 7.07. The highest BCUT2D eigenvalue weighted by molar-refractivity contribution is 5.95. The zero-order chi connectivity index (χ0) is 14.4. The van der Waals surface area contributed by atoms with Crippen molar-refractivity contribution in [2.24, 2.45) is 0 Å². The molecule has 1 amide bonds.